The molecule has 2 rings (SSSR count). The highest BCUT2D eigenvalue weighted by atomic mass is 35.5. The van der Waals surface area contributed by atoms with Crippen molar-refractivity contribution in [2.24, 2.45) is 5.73 Å². The molecule has 0 bridgehead atoms. The lowest BCUT2D eigenvalue weighted by Crippen LogP contribution is -2.20. The van der Waals surface area contributed by atoms with E-state index in [1.165, 1.54) is 0 Å². The number of carbonyl (C=O) groups is 1. The molecule has 0 saturated carbocycles. The Bertz CT molecular complexity index is 448. The van der Waals surface area contributed by atoms with Gasteiger partial charge >= 0.3 is 0 Å². The van der Waals surface area contributed by atoms with E-state index in [1.54, 1.807) is 0 Å². The van der Waals surface area contributed by atoms with Gasteiger partial charge in [0.2, 0.25) is 5.91 Å². The van der Waals surface area contributed by atoms with E-state index in [-0.39, 0.29) is 30.5 Å². The van der Waals surface area contributed by atoms with Crippen molar-refractivity contribution in [1.29, 1.82) is 0 Å². The second-order valence-electron chi connectivity index (χ2n) is 5.16. The zero-order chi connectivity index (χ0) is 14.4. The fraction of sp³-hybridized carbons (Fsp3) is 0.533. The molecule has 118 valence electrons. The lowest BCUT2D eigenvalue weighted by molar-refractivity contribution is -0.116. The van der Waals surface area contributed by atoms with Crippen molar-refractivity contribution in [2.45, 2.75) is 38.3 Å². The van der Waals surface area contributed by atoms with Crippen LogP contribution >= 0.6 is 12.4 Å². The van der Waals surface area contributed by atoms with Crippen LogP contribution in [0.5, 0.6) is 5.75 Å². The van der Waals surface area contributed by atoms with E-state index in [0.717, 1.165) is 13.0 Å². The molecule has 1 aliphatic heterocycles. The summed E-state index contributed by atoms with van der Waals surface area (Å²) >= 11 is 0. The summed E-state index contributed by atoms with van der Waals surface area (Å²) in [6, 6.07) is 7.50. The molecule has 1 amide bonds. The third kappa shape index (κ3) is 5.91. The van der Waals surface area contributed by atoms with Gasteiger partial charge in [-0.15, -0.1) is 12.4 Å². The van der Waals surface area contributed by atoms with Crippen LogP contribution in [0, 0.1) is 0 Å². The number of nitrogens with two attached hydrogens (primary N) is 1. The highest BCUT2D eigenvalue weighted by Gasteiger charge is 2.18. The Morgan fingerprint density at radius 2 is 2.29 bits per heavy atom. The maximum Gasteiger partial charge on any atom is 0.224 e. The summed E-state index contributed by atoms with van der Waals surface area (Å²) in [7, 11) is 0. The number of halogens is 1. The van der Waals surface area contributed by atoms with Gasteiger partial charge in [0, 0.05) is 18.9 Å². The summed E-state index contributed by atoms with van der Waals surface area (Å²) < 4.78 is 11.2. The smallest absolute Gasteiger partial charge is 0.224 e. The quantitative estimate of drug-likeness (QED) is 0.845. The van der Waals surface area contributed by atoms with Crippen molar-refractivity contribution in [3.8, 4) is 5.75 Å². The fourth-order valence-corrected chi connectivity index (χ4v) is 2.03. The van der Waals surface area contributed by atoms with E-state index in [2.05, 4.69) is 5.32 Å². The van der Waals surface area contributed by atoms with E-state index in [4.69, 9.17) is 15.2 Å². The van der Waals surface area contributed by atoms with Crippen molar-refractivity contribution < 1.29 is 14.3 Å². The first-order valence-electron chi connectivity index (χ1n) is 7.04. The van der Waals surface area contributed by atoms with Gasteiger partial charge in [-0.2, -0.15) is 0 Å². The van der Waals surface area contributed by atoms with Crippen molar-refractivity contribution in [3.05, 3.63) is 24.3 Å². The second-order valence-corrected chi connectivity index (χ2v) is 5.16. The van der Waals surface area contributed by atoms with Crippen LogP contribution < -0.4 is 15.8 Å². The van der Waals surface area contributed by atoms with E-state index < -0.39 is 0 Å². The number of ether oxygens (including phenoxy) is 2. The van der Waals surface area contributed by atoms with Gasteiger partial charge in [0.1, 0.15) is 11.9 Å². The summed E-state index contributed by atoms with van der Waals surface area (Å²) in [5.74, 6) is 0.651. The minimum absolute atomic E-state index is 0. The van der Waals surface area contributed by atoms with Gasteiger partial charge < -0.3 is 20.5 Å². The Labute approximate surface area is 131 Å². The number of hydrogen-bond acceptors (Lipinski definition) is 4. The molecule has 0 spiro atoms. The molecular formula is C15H23ClN2O3. The number of anilines is 1. The summed E-state index contributed by atoms with van der Waals surface area (Å²) in [5.41, 5.74) is 6.36. The minimum atomic E-state index is -0.0407. The molecular weight excluding hydrogens is 292 g/mol. The number of nitrogens with one attached hydrogen (secondary N) is 1. The zero-order valence-corrected chi connectivity index (χ0v) is 13.0. The van der Waals surface area contributed by atoms with Gasteiger partial charge in [-0.05, 0) is 25.5 Å². The molecule has 21 heavy (non-hydrogen) atoms. The molecule has 3 N–H and O–H groups in total. The molecule has 2 atom stereocenters. The maximum atomic E-state index is 11.9. The molecule has 1 aromatic rings. The van der Waals surface area contributed by atoms with Crippen molar-refractivity contribution in [2.75, 3.05) is 18.5 Å². The van der Waals surface area contributed by atoms with Gasteiger partial charge in [0.15, 0.2) is 0 Å². The van der Waals surface area contributed by atoms with Gasteiger partial charge in [-0.3, -0.25) is 4.79 Å². The lowest BCUT2D eigenvalue weighted by Gasteiger charge is -2.16. The molecule has 2 unspecified atom stereocenters. The fourth-order valence-electron chi connectivity index (χ4n) is 2.03. The summed E-state index contributed by atoms with van der Waals surface area (Å²) in [6.07, 6.45) is 2.04. The molecule has 0 aliphatic carbocycles. The first-order valence-corrected chi connectivity index (χ1v) is 7.04. The number of amides is 1. The Morgan fingerprint density at radius 1 is 1.52 bits per heavy atom. The molecule has 1 aromatic carbocycles. The van der Waals surface area contributed by atoms with Crippen LogP contribution in [0.15, 0.2) is 24.3 Å². The van der Waals surface area contributed by atoms with Crippen LogP contribution in [0.3, 0.4) is 0 Å². The standard InChI is InChI=1S/C15H22N2O3.ClH/c1-11(16)6-7-15(18)17-13-4-2-3-5-14(13)20-12-8-9-19-10-12;/h2-5,11-12H,6-10,16H2,1H3,(H,17,18);1H. The van der Waals surface area contributed by atoms with Crippen LogP contribution in [-0.2, 0) is 9.53 Å². The maximum absolute atomic E-state index is 11.9. The average molecular weight is 315 g/mol. The normalized spacial score (nSPS) is 18.7. The zero-order valence-electron chi connectivity index (χ0n) is 12.2. The SMILES string of the molecule is CC(N)CCC(=O)Nc1ccccc1OC1CCOC1.Cl. The van der Waals surface area contributed by atoms with Gasteiger partial charge in [-0.1, -0.05) is 12.1 Å². The Hall–Kier alpha value is -1.30. The van der Waals surface area contributed by atoms with Crippen LogP contribution in [0.4, 0.5) is 5.69 Å². The van der Waals surface area contributed by atoms with E-state index in [0.29, 0.717) is 30.9 Å². The van der Waals surface area contributed by atoms with Gasteiger partial charge in [-0.25, -0.2) is 0 Å². The highest BCUT2D eigenvalue weighted by Crippen LogP contribution is 2.26. The minimum Gasteiger partial charge on any atom is -0.486 e. The van der Waals surface area contributed by atoms with Crippen molar-refractivity contribution in [3.63, 3.8) is 0 Å². The first kappa shape index (κ1) is 17.8. The molecule has 1 fully saturated rings. The molecule has 1 heterocycles. The number of carbonyl (C=O) groups excluding carboxylic acids is 1. The third-order valence-corrected chi connectivity index (χ3v) is 3.17. The Kier molecular flexibility index (Phi) is 7.50. The van der Waals surface area contributed by atoms with E-state index >= 15 is 0 Å². The Morgan fingerprint density at radius 3 is 2.95 bits per heavy atom. The molecule has 5 nitrogen and oxygen atoms in total. The average Bonchev–Trinajstić information content (AvgIpc) is 2.92. The lowest BCUT2D eigenvalue weighted by atomic mass is 10.2. The van der Waals surface area contributed by atoms with E-state index in [9.17, 15) is 4.79 Å². The van der Waals surface area contributed by atoms with Crippen LogP contribution in [-0.4, -0.2) is 31.3 Å². The number of benzene rings is 1. The molecule has 1 saturated heterocycles. The number of hydrogen-bond donors (Lipinski definition) is 2. The van der Waals surface area contributed by atoms with E-state index in [1.807, 2.05) is 31.2 Å². The predicted octanol–water partition coefficient (Wildman–Crippen LogP) is 2.34. The first-order chi connectivity index (χ1) is 9.65. The molecule has 6 heteroatoms. The number of para-hydroxylation sites is 2. The largest absolute Gasteiger partial charge is 0.486 e. The summed E-state index contributed by atoms with van der Waals surface area (Å²) in [6.45, 7) is 3.23. The highest BCUT2D eigenvalue weighted by molar-refractivity contribution is 5.92. The van der Waals surface area contributed by atoms with Gasteiger partial charge in [0.05, 0.1) is 18.9 Å². The molecule has 1 aliphatic rings. The summed E-state index contributed by atoms with van der Waals surface area (Å²) in [4.78, 5) is 11.9. The predicted molar refractivity (Wildman–Crippen MR) is 85.1 cm³/mol. The van der Waals surface area contributed by atoms with Crippen molar-refractivity contribution in [1.82, 2.24) is 0 Å². The van der Waals surface area contributed by atoms with Gasteiger partial charge in [0.25, 0.3) is 0 Å². The molecule has 0 aromatic heterocycles. The second kappa shape index (κ2) is 8.87. The Balaban J connectivity index is 0.00000220. The third-order valence-electron chi connectivity index (χ3n) is 3.17. The van der Waals surface area contributed by atoms with Crippen LogP contribution in [0.25, 0.3) is 0 Å². The molecule has 0 radical (unpaired) electrons. The monoisotopic (exact) mass is 314 g/mol. The summed E-state index contributed by atoms with van der Waals surface area (Å²) in [5, 5.41) is 2.88. The number of rotatable bonds is 6. The van der Waals surface area contributed by atoms with Crippen LogP contribution in [0.2, 0.25) is 0 Å². The topological polar surface area (TPSA) is 73.6 Å². The van der Waals surface area contributed by atoms with Crippen LogP contribution in [0.1, 0.15) is 26.2 Å². The van der Waals surface area contributed by atoms with Crippen molar-refractivity contribution >= 4 is 24.0 Å².